The van der Waals surface area contributed by atoms with Crippen LogP contribution in [0.1, 0.15) is 58.8 Å². The molecule has 3 aliphatic heterocycles. The van der Waals surface area contributed by atoms with Crippen molar-refractivity contribution in [3.63, 3.8) is 0 Å². The lowest BCUT2D eigenvalue weighted by molar-refractivity contribution is -0.0721. The minimum absolute atomic E-state index is 0. The van der Waals surface area contributed by atoms with Crippen molar-refractivity contribution in [1.82, 2.24) is 15.1 Å². The number of hydrogen-bond acceptors (Lipinski definition) is 5. The average Bonchev–Trinajstić information content (AvgIpc) is 2.84. The van der Waals surface area contributed by atoms with Crippen molar-refractivity contribution in [3.05, 3.63) is 0 Å². The van der Waals surface area contributed by atoms with E-state index in [0.717, 1.165) is 84.4 Å². The van der Waals surface area contributed by atoms with E-state index in [-0.39, 0.29) is 24.0 Å². The van der Waals surface area contributed by atoms with Crippen LogP contribution in [0.25, 0.3) is 0 Å². The maximum absolute atomic E-state index is 6.19. The monoisotopic (exact) mass is 566 g/mol. The van der Waals surface area contributed by atoms with E-state index in [1.165, 1.54) is 25.7 Å². The Morgan fingerprint density at radius 2 is 1.75 bits per heavy atom. The fourth-order valence-corrected chi connectivity index (χ4v) is 5.28. The number of nitrogens with zero attached hydrogens (tertiary/aromatic N) is 3. The van der Waals surface area contributed by atoms with Gasteiger partial charge in [0.15, 0.2) is 5.96 Å². The highest BCUT2D eigenvalue weighted by atomic mass is 127. The second-order valence-electron chi connectivity index (χ2n) is 9.23. The molecule has 0 amide bonds. The van der Waals surface area contributed by atoms with E-state index in [0.29, 0.717) is 24.2 Å². The van der Waals surface area contributed by atoms with Crippen LogP contribution in [-0.2, 0) is 14.2 Å². The van der Waals surface area contributed by atoms with Crippen LogP contribution in [0, 0.1) is 5.92 Å². The Kier molecular flexibility index (Phi) is 13.8. The second kappa shape index (κ2) is 15.7. The average molecular weight is 567 g/mol. The van der Waals surface area contributed by atoms with E-state index in [4.69, 9.17) is 14.2 Å². The third-order valence-electron chi connectivity index (χ3n) is 7.32. The van der Waals surface area contributed by atoms with Crippen molar-refractivity contribution >= 4 is 29.9 Å². The molecule has 0 aliphatic carbocycles. The zero-order valence-electron chi connectivity index (χ0n) is 20.6. The highest BCUT2D eigenvalue weighted by molar-refractivity contribution is 14.0. The molecule has 2 atom stereocenters. The Balaban J connectivity index is 0.00000363. The van der Waals surface area contributed by atoms with Crippen LogP contribution in [0.3, 0.4) is 0 Å². The molecule has 32 heavy (non-hydrogen) atoms. The lowest BCUT2D eigenvalue weighted by Gasteiger charge is -2.40. The molecule has 188 valence electrons. The quantitative estimate of drug-likeness (QED) is 0.263. The van der Waals surface area contributed by atoms with Crippen LogP contribution in [0.15, 0.2) is 4.99 Å². The van der Waals surface area contributed by atoms with Gasteiger partial charge < -0.3 is 24.4 Å². The number of piperidine rings is 1. The van der Waals surface area contributed by atoms with Gasteiger partial charge in [-0.3, -0.25) is 9.89 Å². The third-order valence-corrected chi connectivity index (χ3v) is 7.32. The number of guanidine groups is 1. The minimum atomic E-state index is 0. The number of halogens is 1. The summed E-state index contributed by atoms with van der Waals surface area (Å²) in [6.07, 6.45) is 8.84. The lowest BCUT2D eigenvalue weighted by Crippen LogP contribution is -2.54. The van der Waals surface area contributed by atoms with Crippen LogP contribution < -0.4 is 5.32 Å². The van der Waals surface area contributed by atoms with Crippen LogP contribution in [-0.4, -0.2) is 100 Å². The van der Waals surface area contributed by atoms with Crippen molar-refractivity contribution in [1.29, 1.82) is 0 Å². The van der Waals surface area contributed by atoms with E-state index in [1.54, 1.807) is 0 Å². The number of morpholine rings is 1. The standard InChI is InChI=1S/C24H46N4O3.HI/c1-4-20(5-2)23(27-13-16-29-17-14-27)18-26-24(25-3)28-11-9-21(10-12-28)31-19-22-8-6-7-15-30-22;/h20-23H,4-19H2,1-3H3,(H,25,26);1H. The van der Waals surface area contributed by atoms with Gasteiger partial charge in [-0.2, -0.15) is 0 Å². The molecular weight excluding hydrogens is 519 g/mol. The Morgan fingerprint density at radius 1 is 1.03 bits per heavy atom. The molecular formula is C24H47IN4O3. The fourth-order valence-electron chi connectivity index (χ4n) is 5.28. The summed E-state index contributed by atoms with van der Waals surface area (Å²) in [6.45, 7) is 13.0. The van der Waals surface area contributed by atoms with E-state index < -0.39 is 0 Å². The van der Waals surface area contributed by atoms with Crippen LogP contribution in [0.2, 0.25) is 0 Å². The molecule has 3 fully saturated rings. The van der Waals surface area contributed by atoms with Gasteiger partial charge in [0.1, 0.15) is 0 Å². The summed E-state index contributed by atoms with van der Waals surface area (Å²) in [4.78, 5) is 9.63. The molecule has 3 rings (SSSR count). The Hall–Kier alpha value is -0.160. The van der Waals surface area contributed by atoms with Gasteiger partial charge in [0.25, 0.3) is 0 Å². The first-order valence-electron chi connectivity index (χ1n) is 12.8. The van der Waals surface area contributed by atoms with Gasteiger partial charge >= 0.3 is 0 Å². The molecule has 3 heterocycles. The first kappa shape index (κ1) is 28.1. The summed E-state index contributed by atoms with van der Waals surface area (Å²) in [5, 5.41) is 3.72. The van der Waals surface area contributed by atoms with Gasteiger partial charge in [-0.15, -0.1) is 24.0 Å². The number of hydrogen-bond donors (Lipinski definition) is 1. The fraction of sp³-hybridized carbons (Fsp3) is 0.958. The molecule has 0 aromatic heterocycles. The van der Waals surface area contributed by atoms with Crippen LogP contribution >= 0.6 is 24.0 Å². The number of likely N-dealkylation sites (tertiary alicyclic amines) is 1. The molecule has 2 unspecified atom stereocenters. The largest absolute Gasteiger partial charge is 0.379 e. The molecule has 3 aliphatic rings. The first-order chi connectivity index (χ1) is 15.2. The molecule has 1 N–H and O–H groups in total. The van der Waals surface area contributed by atoms with Crippen molar-refractivity contribution in [3.8, 4) is 0 Å². The zero-order chi connectivity index (χ0) is 21.9. The minimum Gasteiger partial charge on any atom is -0.379 e. The van der Waals surface area contributed by atoms with Gasteiger partial charge in [0.05, 0.1) is 32.0 Å². The topological polar surface area (TPSA) is 58.6 Å². The maximum atomic E-state index is 6.19. The van der Waals surface area contributed by atoms with Gasteiger partial charge in [-0.05, 0) is 38.0 Å². The predicted octanol–water partition coefficient (Wildman–Crippen LogP) is 3.37. The molecule has 0 saturated carbocycles. The number of nitrogens with one attached hydrogen (secondary N) is 1. The third kappa shape index (κ3) is 8.56. The lowest BCUT2D eigenvalue weighted by atomic mass is 9.92. The maximum Gasteiger partial charge on any atom is 0.193 e. The molecule has 0 aromatic rings. The summed E-state index contributed by atoms with van der Waals surface area (Å²) < 4.78 is 17.6. The Labute approximate surface area is 213 Å². The van der Waals surface area contributed by atoms with Crippen molar-refractivity contribution in [2.24, 2.45) is 10.9 Å². The van der Waals surface area contributed by atoms with Gasteiger partial charge in [-0.25, -0.2) is 0 Å². The first-order valence-corrected chi connectivity index (χ1v) is 12.8. The van der Waals surface area contributed by atoms with Crippen molar-refractivity contribution < 1.29 is 14.2 Å². The Morgan fingerprint density at radius 3 is 2.34 bits per heavy atom. The second-order valence-corrected chi connectivity index (χ2v) is 9.23. The molecule has 3 saturated heterocycles. The van der Waals surface area contributed by atoms with E-state index in [9.17, 15) is 0 Å². The van der Waals surface area contributed by atoms with E-state index in [1.807, 2.05) is 7.05 Å². The molecule has 7 nitrogen and oxygen atoms in total. The summed E-state index contributed by atoms with van der Waals surface area (Å²) in [5.41, 5.74) is 0. The number of aliphatic imine (C=N–C) groups is 1. The van der Waals surface area contributed by atoms with Crippen molar-refractivity contribution in [2.45, 2.75) is 77.0 Å². The highest BCUT2D eigenvalue weighted by Crippen LogP contribution is 2.21. The molecule has 0 radical (unpaired) electrons. The Bertz CT molecular complexity index is 515. The molecule has 0 aromatic carbocycles. The van der Waals surface area contributed by atoms with Crippen molar-refractivity contribution in [2.75, 3.05) is 66.2 Å². The smallest absolute Gasteiger partial charge is 0.193 e. The zero-order valence-corrected chi connectivity index (χ0v) is 22.9. The van der Waals surface area contributed by atoms with E-state index in [2.05, 4.69) is 34.0 Å². The summed E-state index contributed by atoms with van der Waals surface area (Å²) in [5.74, 6) is 1.74. The van der Waals surface area contributed by atoms with Crippen LogP contribution in [0.4, 0.5) is 0 Å². The van der Waals surface area contributed by atoms with Crippen LogP contribution in [0.5, 0.6) is 0 Å². The summed E-state index contributed by atoms with van der Waals surface area (Å²) in [7, 11) is 1.91. The van der Waals surface area contributed by atoms with E-state index >= 15 is 0 Å². The highest BCUT2D eigenvalue weighted by Gasteiger charge is 2.28. The number of ether oxygens (including phenoxy) is 3. The van der Waals surface area contributed by atoms with Gasteiger partial charge in [0, 0.05) is 52.4 Å². The number of rotatable bonds is 9. The molecule has 8 heteroatoms. The van der Waals surface area contributed by atoms with Gasteiger partial charge in [0.2, 0.25) is 0 Å². The SMILES string of the molecule is CCC(CC)C(CNC(=NC)N1CCC(OCC2CCCCO2)CC1)N1CCOCC1.I. The molecule has 0 bridgehead atoms. The summed E-state index contributed by atoms with van der Waals surface area (Å²) in [6, 6.07) is 0.534. The molecule has 0 spiro atoms. The normalized spacial score (nSPS) is 24.9. The summed E-state index contributed by atoms with van der Waals surface area (Å²) >= 11 is 0. The van der Waals surface area contributed by atoms with Gasteiger partial charge in [-0.1, -0.05) is 26.7 Å². The predicted molar refractivity (Wildman–Crippen MR) is 141 cm³/mol.